The van der Waals surface area contributed by atoms with E-state index in [9.17, 15) is 32.4 Å². The zero-order valence-electron chi connectivity index (χ0n) is 32.1. The second-order valence-corrected chi connectivity index (χ2v) is 18.8. The van der Waals surface area contributed by atoms with Crippen LogP contribution in [0.4, 0.5) is 4.79 Å². The minimum absolute atomic E-state index is 0.0477. The number of piperidine rings is 1. The molecule has 2 saturated carbocycles. The highest BCUT2D eigenvalue weighted by atomic mass is 32.2. The number of urea groups is 1. The van der Waals surface area contributed by atoms with E-state index >= 15 is 0 Å². The summed E-state index contributed by atoms with van der Waals surface area (Å²) in [5.74, 6) is -2.61. The summed E-state index contributed by atoms with van der Waals surface area (Å²) in [6.45, 7) is 16.1. The molecule has 53 heavy (non-hydrogen) atoms. The summed E-state index contributed by atoms with van der Waals surface area (Å²) in [7, 11) is -3.74. The lowest BCUT2D eigenvalue weighted by molar-refractivity contribution is -0.144. The van der Waals surface area contributed by atoms with Gasteiger partial charge in [0.25, 0.3) is 5.91 Å². The van der Waals surface area contributed by atoms with Crippen LogP contribution in [0.3, 0.4) is 0 Å². The number of nitrogens with one attached hydrogen (secondary N) is 4. The number of fused-ring (bicyclic) bond motifs is 2. The molecular formula is C39H58N6O7S. The van der Waals surface area contributed by atoms with Crippen molar-refractivity contribution >= 4 is 39.6 Å². The van der Waals surface area contributed by atoms with Crippen molar-refractivity contribution < 1.29 is 32.4 Å². The number of sulfonamides is 1. The number of hydrogen-bond acceptors (Lipinski definition) is 7. The van der Waals surface area contributed by atoms with Crippen LogP contribution >= 0.6 is 0 Å². The number of carbonyl (C=O) groups is 5. The van der Waals surface area contributed by atoms with Crippen molar-refractivity contribution in [3.63, 3.8) is 0 Å². The molecule has 2 aliphatic carbocycles. The Bertz CT molecular complexity index is 1700. The molecule has 0 aromatic heterocycles. The third kappa shape index (κ3) is 8.48. The van der Waals surface area contributed by atoms with Gasteiger partial charge in [-0.05, 0) is 59.5 Å². The molecule has 3 fully saturated rings. The topological polar surface area (TPSA) is 174 Å². The van der Waals surface area contributed by atoms with Crippen molar-refractivity contribution in [1.82, 2.24) is 30.5 Å². The number of rotatable bonds is 14. The van der Waals surface area contributed by atoms with Gasteiger partial charge in [0.05, 0.1) is 10.9 Å². The normalized spacial score (nSPS) is 24.9. The second kappa shape index (κ2) is 15.9. The number of carbonyl (C=O) groups excluding carboxylic acids is 5. The Morgan fingerprint density at radius 1 is 1.02 bits per heavy atom. The van der Waals surface area contributed by atoms with Crippen molar-refractivity contribution in [1.29, 1.82) is 0 Å². The first-order valence-corrected chi connectivity index (χ1v) is 20.6. The molecule has 1 aromatic carbocycles. The van der Waals surface area contributed by atoms with Crippen molar-refractivity contribution in [2.45, 2.75) is 122 Å². The fourth-order valence-corrected chi connectivity index (χ4v) is 10.3. The minimum atomic E-state index is -3.74. The summed E-state index contributed by atoms with van der Waals surface area (Å²) in [5, 5.41) is 11.3. The molecule has 2 aliphatic heterocycles. The maximum absolute atomic E-state index is 14.7. The van der Waals surface area contributed by atoms with Gasteiger partial charge in [-0.25, -0.2) is 13.2 Å². The van der Waals surface area contributed by atoms with Crippen molar-refractivity contribution in [3.8, 4) is 0 Å². The summed E-state index contributed by atoms with van der Waals surface area (Å²) in [6, 6.07) is 2.89. The zero-order valence-corrected chi connectivity index (χ0v) is 32.9. The molecule has 4 aliphatic rings. The third-order valence-corrected chi connectivity index (χ3v) is 13.9. The average Bonchev–Trinajstić information content (AvgIpc) is 3.37. The Kier molecular flexibility index (Phi) is 12.1. The Morgan fingerprint density at radius 3 is 2.32 bits per heavy atom. The van der Waals surface area contributed by atoms with E-state index in [1.54, 1.807) is 29.2 Å². The highest BCUT2D eigenvalue weighted by molar-refractivity contribution is 7.89. The maximum Gasteiger partial charge on any atom is 0.315 e. The summed E-state index contributed by atoms with van der Waals surface area (Å²) in [6.07, 6.45) is 6.59. The smallest absolute Gasteiger partial charge is 0.315 e. The lowest BCUT2D eigenvalue weighted by Gasteiger charge is -2.38. The first-order chi connectivity index (χ1) is 24.9. The highest BCUT2D eigenvalue weighted by Gasteiger charge is 2.69. The van der Waals surface area contributed by atoms with Crippen LogP contribution in [0.2, 0.25) is 0 Å². The molecule has 2 heterocycles. The molecular weight excluding hydrogens is 697 g/mol. The van der Waals surface area contributed by atoms with Gasteiger partial charge < -0.3 is 26.2 Å². The molecule has 1 saturated heterocycles. The molecule has 1 aromatic rings. The molecule has 0 bridgehead atoms. The van der Waals surface area contributed by atoms with Gasteiger partial charge in [0.15, 0.2) is 0 Å². The zero-order chi connectivity index (χ0) is 38.9. The van der Waals surface area contributed by atoms with Crippen LogP contribution in [-0.4, -0.2) is 91.0 Å². The first kappa shape index (κ1) is 40.4. The van der Waals surface area contributed by atoms with Crippen LogP contribution < -0.4 is 21.3 Å². The molecule has 0 radical (unpaired) electrons. The van der Waals surface area contributed by atoms with Crippen LogP contribution in [0.15, 0.2) is 41.8 Å². The van der Waals surface area contributed by atoms with Gasteiger partial charge in [-0.15, -0.1) is 6.58 Å². The number of likely N-dealkylation sites (tertiary alicyclic amines) is 1. The number of nitrogens with zero attached hydrogens (tertiary/aromatic N) is 2. The predicted molar refractivity (Wildman–Crippen MR) is 201 cm³/mol. The number of Topliss-reactive ketones (excluding diaryl/α,β-unsaturated/α-hetero) is 1. The Hall–Kier alpha value is -3.78. The predicted octanol–water partition coefficient (Wildman–Crippen LogP) is 3.49. The van der Waals surface area contributed by atoms with Gasteiger partial charge in [0.2, 0.25) is 27.6 Å². The van der Waals surface area contributed by atoms with Gasteiger partial charge in [-0.2, -0.15) is 4.31 Å². The molecule has 13 nitrogen and oxygen atoms in total. The van der Waals surface area contributed by atoms with Gasteiger partial charge in [0.1, 0.15) is 12.1 Å². The number of benzene rings is 1. The Morgan fingerprint density at radius 2 is 1.70 bits per heavy atom. The molecule has 1 unspecified atom stereocenters. The maximum atomic E-state index is 14.7. The Labute approximate surface area is 314 Å². The lowest BCUT2D eigenvalue weighted by atomic mass is 9.83. The third-order valence-electron chi connectivity index (χ3n) is 11.9. The van der Waals surface area contributed by atoms with E-state index in [0.717, 1.165) is 32.1 Å². The van der Waals surface area contributed by atoms with Gasteiger partial charge in [-0.3, -0.25) is 19.2 Å². The second-order valence-electron chi connectivity index (χ2n) is 16.9. The summed E-state index contributed by atoms with van der Waals surface area (Å²) < 4.78 is 28.2. The monoisotopic (exact) mass is 754 g/mol. The summed E-state index contributed by atoms with van der Waals surface area (Å²) in [4.78, 5) is 70.2. The molecule has 292 valence electrons. The average molecular weight is 755 g/mol. The standard InChI is InChI=1S/C39H58N6O7S/c1-8-15-27(33(46)35(48)40-20-9-2)41-34(47)32-30-26(39(30,6)7)22-45(32)36(49)31(24-16-11-10-12-17-24)43-37(50)42-29(38(3,4)5)23-44-21-25-18-13-14-19-28(25)53(44,51)52/h9,13-14,18-19,24,26-27,29-32H,2,8,10-12,15-17,20-23H2,1,3-7H3,(H,40,48)(H,41,47)(H2,42,43,50)/t26-,27?,29+,30-,31-,32-/m0/s1. The van der Waals surface area contributed by atoms with E-state index in [-0.39, 0.29) is 60.0 Å². The fourth-order valence-electron chi connectivity index (χ4n) is 8.61. The minimum Gasteiger partial charge on any atom is -0.346 e. The SMILES string of the molecule is C=CCNC(=O)C(=O)C(CCC)NC(=O)[C@@H]1[C@@H]2[C@H](CN1C(=O)[C@@H](NC(=O)N[C@H](CN1Cc3ccccc3S1(=O)=O)C(C)(C)C)C1CCCCC1)C2(C)C. The van der Waals surface area contributed by atoms with Crippen molar-refractivity contribution in [2.24, 2.45) is 28.6 Å². The van der Waals surface area contributed by atoms with E-state index in [1.165, 1.54) is 10.4 Å². The van der Waals surface area contributed by atoms with Gasteiger partial charge in [0, 0.05) is 32.2 Å². The van der Waals surface area contributed by atoms with Crippen molar-refractivity contribution in [2.75, 3.05) is 19.6 Å². The van der Waals surface area contributed by atoms with Crippen molar-refractivity contribution in [3.05, 3.63) is 42.5 Å². The quantitative estimate of drug-likeness (QED) is 0.166. The number of amides is 5. The number of ketones is 1. The first-order valence-electron chi connectivity index (χ1n) is 19.1. The molecule has 4 N–H and O–H groups in total. The van der Waals surface area contributed by atoms with Crippen LogP contribution in [-0.2, 0) is 35.7 Å². The largest absolute Gasteiger partial charge is 0.346 e. The van der Waals surface area contributed by atoms with E-state index in [0.29, 0.717) is 18.5 Å². The Balaban J connectivity index is 1.35. The van der Waals surface area contributed by atoms with Gasteiger partial charge in [-0.1, -0.05) is 91.5 Å². The highest BCUT2D eigenvalue weighted by Crippen LogP contribution is 2.65. The molecule has 14 heteroatoms. The molecule has 5 amide bonds. The summed E-state index contributed by atoms with van der Waals surface area (Å²) in [5.41, 5.74) is -0.0313. The van der Waals surface area contributed by atoms with Crippen LogP contribution in [0.5, 0.6) is 0 Å². The van der Waals surface area contributed by atoms with Crippen LogP contribution in [0.25, 0.3) is 0 Å². The van der Waals surface area contributed by atoms with E-state index in [4.69, 9.17) is 0 Å². The van der Waals surface area contributed by atoms with Crippen LogP contribution in [0.1, 0.15) is 92.1 Å². The van der Waals surface area contributed by atoms with Crippen LogP contribution in [0, 0.1) is 28.6 Å². The van der Waals surface area contributed by atoms with Gasteiger partial charge >= 0.3 is 6.03 Å². The fraction of sp³-hybridized carbons (Fsp3) is 0.667. The molecule has 5 rings (SSSR count). The molecule has 0 spiro atoms. The van der Waals surface area contributed by atoms with E-state index in [1.807, 2.05) is 27.7 Å². The van der Waals surface area contributed by atoms with E-state index in [2.05, 4.69) is 41.7 Å². The summed E-state index contributed by atoms with van der Waals surface area (Å²) >= 11 is 0. The molecule has 6 atom stereocenters. The lowest BCUT2D eigenvalue weighted by Crippen LogP contribution is -2.61. The van der Waals surface area contributed by atoms with E-state index < -0.39 is 63.2 Å². The number of hydrogen-bond donors (Lipinski definition) is 4.